The lowest BCUT2D eigenvalue weighted by Crippen LogP contribution is -2.18. The molecule has 0 atom stereocenters. The van der Waals surface area contributed by atoms with Crippen LogP contribution in [-0.2, 0) is 19.3 Å². The van der Waals surface area contributed by atoms with E-state index in [-0.39, 0.29) is 11.4 Å². The van der Waals surface area contributed by atoms with Gasteiger partial charge < -0.3 is 0 Å². The molecule has 3 heterocycles. The second kappa shape index (κ2) is 8.35. The highest BCUT2D eigenvalue weighted by atomic mass is 19.4. The van der Waals surface area contributed by atoms with Gasteiger partial charge in [0.2, 0.25) is 5.95 Å². The number of alkyl halides is 6. The predicted octanol–water partition coefficient (Wildman–Crippen LogP) is 3.89. The first kappa shape index (κ1) is 22.2. The minimum absolute atomic E-state index is 0.00770. The first-order valence-electron chi connectivity index (χ1n) is 8.84. The molecule has 3 rings (SSSR count). The molecule has 31 heavy (non-hydrogen) atoms. The number of nitrogens with one attached hydrogen (secondary N) is 1. The smallest absolute Gasteiger partial charge is 0.272 e. The number of hydrogen-bond acceptors (Lipinski definition) is 6. The Morgan fingerprint density at radius 3 is 2.45 bits per heavy atom. The maximum atomic E-state index is 13.3. The molecule has 1 N–H and O–H groups in total. The van der Waals surface area contributed by atoms with E-state index in [1.807, 2.05) is 6.92 Å². The third-order valence-electron chi connectivity index (χ3n) is 3.93. The van der Waals surface area contributed by atoms with Gasteiger partial charge in [0.25, 0.3) is 0 Å². The number of anilines is 1. The van der Waals surface area contributed by atoms with Gasteiger partial charge in [0.05, 0.1) is 17.6 Å². The van der Waals surface area contributed by atoms with Crippen LogP contribution in [0.5, 0.6) is 0 Å². The molecule has 0 aromatic carbocycles. The molecule has 0 aliphatic rings. The predicted molar refractivity (Wildman–Crippen MR) is 98.2 cm³/mol. The van der Waals surface area contributed by atoms with Crippen LogP contribution < -0.4 is 5.43 Å². The lowest BCUT2D eigenvalue weighted by atomic mass is 10.1. The number of halogens is 6. The summed E-state index contributed by atoms with van der Waals surface area (Å²) in [7, 11) is 0. The maximum Gasteiger partial charge on any atom is 0.433 e. The highest BCUT2D eigenvalue weighted by molar-refractivity contribution is 5.77. The third-order valence-corrected chi connectivity index (χ3v) is 3.93. The molecule has 0 fully saturated rings. The van der Waals surface area contributed by atoms with E-state index < -0.39 is 30.5 Å². The number of aryl methyl sites for hydroxylation is 2. The fourth-order valence-electron chi connectivity index (χ4n) is 2.59. The second-order valence-electron chi connectivity index (χ2n) is 6.37. The zero-order valence-electron chi connectivity index (χ0n) is 16.2. The first-order chi connectivity index (χ1) is 14.4. The van der Waals surface area contributed by atoms with Gasteiger partial charge in [0.15, 0.2) is 5.69 Å². The van der Waals surface area contributed by atoms with Gasteiger partial charge in [0, 0.05) is 24.5 Å². The molecule has 0 radical (unpaired) electrons. The van der Waals surface area contributed by atoms with Crippen molar-refractivity contribution in [2.75, 3.05) is 5.43 Å². The van der Waals surface area contributed by atoms with Crippen molar-refractivity contribution in [2.24, 2.45) is 5.10 Å². The minimum atomic E-state index is -4.73. The molecule has 8 nitrogen and oxygen atoms in total. The van der Waals surface area contributed by atoms with E-state index in [1.165, 1.54) is 6.07 Å². The Bertz CT molecular complexity index is 1080. The monoisotopic (exact) mass is 446 g/mol. The van der Waals surface area contributed by atoms with E-state index in [1.54, 1.807) is 17.8 Å². The van der Waals surface area contributed by atoms with Crippen LogP contribution in [0.4, 0.5) is 32.3 Å². The van der Waals surface area contributed by atoms with Crippen molar-refractivity contribution in [1.82, 2.24) is 29.5 Å². The molecule has 3 aromatic rings. The van der Waals surface area contributed by atoms with E-state index in [2.05, 4.69) is 30.7 Å². The summed E-state index contributed by atoms with van der Waals surface area (Å²) in [6.45, 7) is 2.71. The van der Waals surface area contributed by atoms with Crippen molar-refractivity contribution in [3.63, 3.8) is 0 Å². The van der Waals surface area contributed by atoms with Gasteiger partial charge >= 0.3 is 12.4 Å². The van der Waals surface area contributed by atoms with Gasteiger partial charge in [0.1, 0.15) is 12.2 Å². The van der Waals surface area contributed by atoms with Gasteiger partial charge in [-0.3, -0.25) is 9.36 Å². The number of hydrogen-bond donors (Lipinski definition) is 1. The minimum Gasteiger partial charge on any atom is -0.272 e. The molecule has 166 valence electrons. The summed E-state index contributed by atoms with van der Waals surface area (Å²) in [4.78, 5) is 7.46. The third kappa shape index (κ3) is 5.79. The number of aromatic nitrogens is 6. The Kier molecular flexibility index (Phi) is 5.99. The summed E-state index contributed by atoms with van der Waals surface area (Å²) >= 11 is 0. The SMILES string of the molecule is CCn1cc(-c2cc(C(F)(F)F)nc(N/N=C/c3ccn(CC(F)(F)F)n3)n2)c(C)n1. The number of hydrazone groups is 1. The molecular formula is C17H16F6N8. The van der Waals surface area contributed by atoms with Crippen LogP contribution in [0.25, 0.3) is 11.3 Å². The Balaban J connectivity index is 1.85. The van der Waals surface area contributed by atoms with Crippen LogP contribution in [0.1, 0.15) is 24.0 Å². The Morgan fingerprint density at radius 2 is 1.84 bits per heavy atom. The van der Waals surface area contributed by atoms with E-state index >= 15 is 0 Å². The molecule has 0 bridgehead atoms. The van der Waals surface area contributed by atoms with Crippen molar-refractivity contribution in [3.8, 4) is 11.3 Å². The summed E-state index contributed by atoms with van der Waals surface area (Å²) in [5, 5.41) is 11.5. The summed E-state index contributed by atoms with van der Waals surface area (Å²) in [6.07, 6.45) is -5.47. The van der Waals surface area contributed by atoms with Gasteiger partial charge in [-0.2, -0.15) is 41.6 Å². The lowest BCUT2D eigenvalue weighted by Gasteiger charge is -2.09. The first-order valence-corrected chi connectivity index (χ1v) is 8.84. The molecule has 0 unspecified atom stereocenters. The Labute approximate surface area is 171 Å². The summed E-state index contributed by atoms with van der Waals surface area (Å²) in [5.74, 6) is -0.445. The van der Waals surface area contributed by atoms with Crippen LogP contribution >= 0.6 is 0 Å². The van der Waals surface area contributed by atoms with Crippen molar-refractivity contribution in [1.29, 1.82) is 0 Å². The van der Waals surface area contributed by atoms with Crippen molar-refractivity contribution >= 4 is 12.2 Å². The van der Waals surface area contributed by atoms with Crippen molar-refractivity contribution < 1.29 is 26.3 Å². The largest absolute Gasteiger partial charge is 0.433 e. The van der Waals surface area contributed by atoms with Crippen molar-refractivity contribution in [2.45, 2.75) is 39.3 Å². The normalized spacial score (nSPS) is 12.6. The number of nitrogens with zero attached hydrogens (tertiary/aromatic N) is 7. The second-order valence-corrected chi connectivity index (χ2v) is 6.37. The van der Waals surface area contributed by atoms with E-state index in [0.29, 0.717) is 22.5 Å². The van der Waals surface area contributed by atoms with Crippen LogP contribution in [-0.4, -0.2) is 41.9 Å². The summed E-state index contributed by atoms with van der Waals surface area (Å²) < 4.78 is 79.2. The summed E-state index contributed by atoms with van der Waals surface area (Å²) in [6, 6.07) is 2.07. The van der Waals surface area contributed by atoms with Gasteiger partial charge in [-0.25, -0.2) is 15.4 Å². The molecule has 14 heteroatoms. The van der Waals surface area contributed by atoms with Crippen molar-refractivity contribution in [3.05, 3.63) is 41.6 Å². The molecular weight excluding hydrogens is 430 g/mol. The van der Waals surface area contributed by atoms with Crippen LogP contribution in [0.2, 0.25) is 0 Å². The fraction of sp³-hybridized carbons (Fsp3) is 0.353. The average Bonchev–Trinajstić information content (AvgIpc) is 3.25. The molecule has 0 aliphatic carbocycles. The topological polar surface area (TPSA) is 85.8 Å². The Morgan fingerprint density at radius 1 is 1.10 bits per heavy atom. The molecule has 3 aromatic heterocycles. The van der Waals surface area contributed by atoms with E-state index in [9.17, 15) is 26.3 Å². The zero-order chi connectivity index (χ0) is 22.8. The van der Waals surface area contributed by atoms with Gasteiger partial charge in [-0.05, 0) is 26.0 Å². The lowest BCUT2D eigenvalue weighted by molar-refractivity contribution is -0.143. The standard InChI is InChI=1S/C17H16F6N8/c1-3-30-8-12(10(2)28-30)13-6-14(17(21,22)23)26-15(25-13)27-24-7-11-4-5-31(29-11)9-16(18,19)20/h4-8H,3,9H2,1-2H3,(H,25,26,27)/b24-7+. The molecule has 0 saturated heterocycles. The van der Waals surface area contributed by atoms with E-state index in [4.69, 9.17) is 0 Å². The number of rotatable bonds is 6. The molecule has 0 spiro atoms. The average molecular weight is 446 g/mol. The van der Waals surface area contributed by atoms with Gasteiger partial charge in [-0.1, -0.05) is 0 Å². The quantitative estimate of drug-likeness (QED) is 0.353. The fourth-order valence-corrected chi connectivity index (χ4v) is 2.59. The summed E-state index contributed by atoms with van der Waals surface area (Å²) in [5.41, 5.74) is 2.01. The van der Waals surface area contributed by atoms with Gasteiger partial charge in [-0.15, -0.1) is 0 Å². The van der Waals surface area contributed by atoms with Crippen LogP contribution in [0, 0.1) is 6.92 Å². The van der Waals surface area contributed by atoms with Crippen LogP contribution in [0.15, 0.2) is 29.6 Å². The Hall–Kier alpha value is -3.45. The van der Waals surface area contributed by atoms with Crippen LogP contribution in [0.3, 0.4) is 0 Å². The molecule has 0 saturated carbocycles. The maximum absolute atomic E-state index is 13.3. The molecule has 0 aliphatic heterocycles. The van der Waals surface area contributed by atoms with E-state index in [0.717, 1.165) is 18.5 Å². The highest BCUT2D eigenvalue weighted by Crippen LogP contribution is 2.31. The zero-order valence-corrected chi connectivity index (χ0v) is 16.2. The highest BCUT2D eigenvalue weighted by Gasteiger charge is 2.34. The molecule has 0 amide bonds.